The molecule has 3 heteroatoms. The van der Waals surface area contributed by atoms with Crippen LogP contribution in [0.15, 0.2) is 22.9 Å². The number of nitrogens with one attached hydrogen (secondary N) is 1. The first-order valence-electron chi connectivity index (χ1n) is 3.71. The standard InChI is InChI=1S/C8H9BrN2/c9-7-5-10-3-1-6(7)8-2-4-11-8/h1,3,5,8,11H,2,4H2. The summed E-state index contributed by atoms with van der Waals surface area (Å²) < 4.78 is 1.11. The number of halogens is 1. The van der Waals surface area contributed by atoms with Crippen molar-refractivity contribution < 1.29 is 0 Å². The average molecular weight is 213 g/mol. The van der Waals surface area contributed by atoms with Crippen molar-refractivity contribution in [3.05, 3.63) is 28.5 Å². The van der Waals surface area contributed by atoms with Crippen molar-refractivity contribution in [2.75, 3.05) is 6.54 Å². The van der Waals surface area contributed by atoms with E-state index < -0.39 is 0 Å². The van der Waals surface area contributed by atoms with Crippen LogP contribution in [0.3, 0.4) is 0 Å². The van der Waals surface area contributed by atoms with Crippen LogP contribution in [0.2, 0.25) is 0 Å². The van der Waals surface area contributed by atoms with Crippen molar-refractivity contribution >= 4 is 15.9 Å². The summed E-state index contributed by atoms with van der Waals surface area (Å²) >= 11 is 3.47. The highest BCUT2D eigenvalue weighted by molar-refractivity contribution is 9.10. The maximum atomic E-state index is 4.01. The quantitative estimate of drug-likeness (QED) is 0.770. The molecular weight excluding hydrogens is 204 g/mol. The number of hydrogen-bond donors (Lipinski definition) is 1. The molecule has 1 fully saturated rings. The average Bonchev–Trinajstić information content (AvgIpc) is 1.90. The molecule has 0 bridgehead atoms. The van der Waals surface area contributed by atoms with Crippen molar-refractivity contribution in [1.82, 2.24) is 10.3 Å². The molecule has 0 aromatic carbocycles. The molecule has 1 aromatic rings. The van der Waals surface area contributed by atoms with Crippen molar-refractivity contribution in [1.29, 1.82) is 0 Å². The summed E-state index contributed by atoms with van der Waals surface area (Å²) in [6, 6.07) is 2.60. The SMILES string of the molecule is Brc1cnccc1C1CCN1. The van der Waals surface area contributed by atoms with Gasteiger partial charge in [-0.15, -0.1) is 0 Å². The Balaban J connectivity index is 2.28. The van der Waals surface area contributed by atoms with E-state index in [1.165, 1.54) is 12.0 Å². The lowest BCUT2D eigenvalue weighted by Crippen LogP contribution is -2.35. The maximum absolute atomic E-state index is 4.01. The van der Waals surface area contributed by atoms with E-state index in [0.717, 1.165) is 11.0 Å². The summed E-state index contributed by atoms with van der Waals surface area (Å²) in [5.74, 6) is 0. The van der Waals surface area contributed by atoms with Gasteiger partial charge in [0.2, 0.25) is 0 Å². The normalized spacial score (nSPS) is 22.8. The van der Waals surface area contributed by atoms with Crippen LogP contribution in [0.5, 0.6) is 0 Å². The second-order valence-corrected chi connectivity index (χ2v) is 3.55. The van der Waals surface area contributed by atoms with Gasteiger partial charge in [0, 0.05) is 22.9 Å². The number of hydrogen-bond acceptors (Lipinski definition) is 2. The maximum Gasteiger partial charge on any atom is 0.0413 e. The first kappa shape index (κ1) is 7.25. The lowest BCUT2D eigenvalue weighted by molar-refractivity contribution is 0.382. The monoisotopic (exact) mass is 212 g/mol. The van der Waals surface area contributed by atoms with E-state index in [-0.39, 0.29) is 0 Å². The van der Waals surface area contributed by atoms with Gasteiger partial charge in [0.25, 0.3) is 0 Å². The third-order valence-electron chi connectivity index (χ3n) is 2.00. The Labute approximate surface area is 74.2 Å². The van der Waals surface area contributed by atoms with Gasteiger partial charge in [0.1, 0.15) is 0 Å². The molecule has 1 unspecified atom stereocenters. The number of pyridine rings is 1. The lowest BCUT2D eigenvalue weighted by atomic mass is 9.99. The van der Waals surface area contributed by atoms with Crippen LogP contribution < -0.4 is 5.32 Å². The van der Waals surface area contributed by atoms with Crippen molar-refractivity contribution in [2.45, 2.75) is 12.5 Å². The third-order valence-corrected chi connectivity index (χ3v) is 2.67. The van der Waals surface area contributed by atoms with Gasteiger partial charge in [-0.2, -0.15) is 0 Å². The van der Waals surface area contributed by atoms with Gasteiger partial charge < -0.3 is 5.32 Å². The molecule has 0 radical (unpaired) electrons. The van der Waals surface area contributed by atoms with Gasteiger partial charge in [-0.3, -0.25) is 4.98 Å². The second kappa shape index (κ2) is 2.91. The van der Waals surface area contributed by atoms with Crippen LogP contribution in [0.4, 0.5) is 0 Å². The Morgan fingerprint density at radius 1 is 1.64 bits per heavy atom. The summed E-state index contributed by atoms with van der Waals surface area (Å²) in [5, 5.41) is 3.34. The molecule has 1 aromatic heterocycles. The predicted octanol–water partition coefficient (Wildman–Crippen LogP) is 1.88. The fourth-order valence-corrected chi connectivity index (χ4v) is 1.75. The van der Waals surface area contributed by atoms with Gasteiger partial charge in [0.05, 0.1) is 0 Å². The van der Waals surface area contributed by atoms with Crippen molar-refractivity contribution in [3.63, 3.8) is 0 Å². The van der Waals surface area contributed by atoms with Crippen LogP contribution in [0.1, 0.15) is 18.0 Å². The minimum atomic E-state index is 0.548. The summed E-state index contributed by atoms with van der Waals surface area (Å²) in [5.41, 5.74) is 1.33. The van der Waals surface area contributed by atoms with Crippen LogP contribution >= 0.6 is 15.9 Å². The highest BCUT2D eigenvalue weighted by Gasteiger charge is 2.19. The van der Waals surface area contributed by atoms with Gasteiger partial charge in [-0.1, -0.05) is 0 Å². The van der Waals surface area contributed by atoms with E-state index in [1.807, 2.05) is 12.4 Å². The molecule has 58 valence electrons. The molecular formula is C8H9BrN2. The lowest BCUT2D eigenvalue weighted by Gasteiger charge is -2.28. The second-order valence-electron chi connectivity index (χ2n) is 2.69. The van der Waals surface area contributed by atoms with Gasteiger partial charge in [0.15, 0.2) is 0 Å². The molecule has 1 aliphatic heterocycles. The summed E-state index contributed by atoms with van der Waals surface area (Å²) in [6.45, 7) is 1.14. The van der Waals surface area contributed by atoms with E-state index in [4.69, 9.17) is 0 Å². The molecule has 1 atom stereocenters. The largest absolute Gasteiger partial charge is 0.310 e. The summed E-state index contributed by atoms with van der Waals surface area (Å²) in [6.07, 6.45) is 4.91. The van der Waals surface area contributed by atoms with Gasteiger partial charge in [-0.25, -0.2) is 0 Å². The first-order valence-corrected chi connectivity index (χ1v) is 4.50. The zero-order valence-corrected chi connectivity index (χ0v) is 7.63. The van der Waals surface area contributed by atoms with Gasteiger partial charge in [-0.05, 0) is 40.5 Å². The minimum Gasteiger partial charge on any atom is -0.310 e. The van der Waals surface area contributed by atoms with E-state index in [1.54, 1.807) is 0 Å². The van der Waals surface area contributed by atoms with Crippen LogP contribution in [-0.4, -0.2) is 11.5 Å². The van der Waals surface area contributed by atoms with Crippen LogP contribution in [-0.2, 0) is 0 Å². The molecule has 1 N–H and O–H groups in total. The molecule has 0 spiro atoms. The number of nitrogens with zero attached hydrogens (tertiary/aromatic N) is 1. The van der Waals surface area contributed by atoms with E-state index in [0.29, 0.717) is 6.04 Å². The molecule has 0 saturated carbocycles. The first-order chi connectivity index (χ1) is 5.38. The fraction of sp³-hybridized carbons (Fsp3) is 0.375. The molecule has 0 amide bonds. The van der Waals surface area contributed by atoms with Gasteiger partial charge >= 0.3 is 0 Å². The van der Waals surface area contributed by atoms with E-state index in [2.05, 4.69) is 32.3 Å². The molecule has 2 heterocycles. The number of rotatable bonds is 1. The summed E-state index contributed by atoms with van der Waals surface area (Å²) in [4.78, 5) is 4.01. The molecule has 1 aliphatic rings. The fourth-order valence-electron chi connectivity index (χ4n) is 1.22. The predicted molar refractivity (Wildman–Crippen MR) is 47.3 cm³/mol. The topological polar surface area (TPSA) is 24.9 Å². The number of aromatic nitrogens is 1. The van der Waals surface area contributed by atoms with Crippen LogP contribution in [0, 0.1) is 0 Å². The van der Waals surface area contributed by atoms with E-state index >= 15 is 0 Å². The summed E-state index contributed by atoms with van der Waals surface area (Å²) in [7, 11) is 0. The third kappa shape index (κ3) is 1.30. The van der Waals surface area contributed by atoms with Crippen LogP contribution in [0.25, 0.3) is 0 Å². The molecule has 11 heavy (non-hydrogen) atoms. The van der Waals surface area contributed by atoms with E-state index in [9.17, 15) is 0 Å². The molecule has 0 aliphatic carbocycles. The Hall–Kier alpha value is -0.410. The Bertz CT molecular complexity index is 258. The molecule has 1 saturated heterocycles. The minimum absolute atomic E-state index is 0.548. The molecule has 2 nitrogen and oxygen atoms in total. The highest BCUT2D eigenvalue weighted by atomic mass is 79.9. The zero-order valence-electron chi connectivity index (χ0n) is 6.05. The zero-order chi connectivity index (χ0) is 7.68. The Kier molecular flexibility index (Phi) is 1.92. The smallest absolute Gasteiger partial charge is 0.0413 e. The molecule has 2 rings (SSSR count). The highest BCUT2D eigenvalue weighted by Crippen LogP contribution is 2.28. The Morgan fingerprint density at radius 2 is 2.45 bits per heavy atom. The Morgan fingerprint density at radius 3 is 3.00 bits per heavy atom. The van der Waals surface area contributed by atoms with Crippen molar-refractivity contribution in [3.8, 4) is 0 Å². The van der Waals surface area contributed by atoms with Crippen molar-refractivity contribution in [2.24, 2.45) is 0 Å².